The van der Waals surface area contributed by atoms with Gasteiger partial charge in [-0.3, -0.25) is 6.08 Å². The maximum atomic E-state index is 2.99. The molecular formula is C20H19Cl2NZr. The first-order valence-electron chi connectivity index (χ1n) is 7.27. The molecule has 0 aliphatic heterocycles. The fourth-order valence-electron chi connectivity index (χ4n) is 2.57. The number of aromatic nitrogens is 1. The van der Waals surface area contributed by atoms with E-state index < -0.39 is 0 Å². The summed E-state index contributed by atoms with van der Waals surface area (Å²) in [7, 11) is 0. The van der Waals surface area contributed by atoms with Gasteiger partial charge in [-0.15, -0.1) is 41.0 Å². The van der Waals surface area contributed by atoms with Gasteiger partial charge in [-0.1, -0.05) is 18.6 Å². The molecule has 0 N–H and O–H groups in total. The second kappa shape index (κ2) is 10.8. The number of fused-ring (bicyclic) bond motifs is 1. The minimum atomic E-state index is 0. The Bertz CT molecular complexity index is 750. The summed E-state index contributed by atoms with van der Waals surface area (Å²) in [5.41, 5.74) is 3.94. The van der Waals surface area contributed by atoms with Crippen LogP contribution in [0.4, 0.5) is 0 Å². The van der Waals surface area contributed by atoms with E-state index >= 15 is 0 Å². The Morgan fingerprint density at radius 3 is 2.21 bits per heavy atom. The van der Waals surface area contributed by atoms with Gasteiger partial charge in [-0.2, -0.15) is 6.08 Å². The zero-order valence-electron chi connectivity index (χ0n) is 13.8. The summed E-state index contributed by atoms with van der Waals surface area (Å²) in [6.45, 7) is 4.34. The Hall–Kier alpha value is -0.947. The van der Waals surface area contributed by atoms with Gasteiger partial charge in [0.2, 0.25) is 0 Å². The van der Waals surface area contributed by atoms with Crippen molar-refractivity contribution >= 4 is 10.8 Å². The van der Waals surface area contributed by atoms with Crippen LogP contribution in [0, 0.1) is 19.9 Å². The molecule has 4 rings (SSSR count). The molecule has 0 amide bonds. The van der Waals surface area contributed by atoms with Crippen LogP contribution < -0.4 is 24.8 Å². The van der Waals surface area contributed by atoms with Gasteiger partial charge in [0, 0.05) is 12.4 Å². The number of aryl methyl sites for hydroxylation is 2. The summed E-state index contributed by atoms with van der Waals surface area (Å²) in [6, 6.07) is 13.0. The predicted molar refractivity (Wildman–Crippen MR) is 89.9 cm³/mol. The second-order valence-corrected chi connectivity index (χ2v) is 5.33. The first-order chi connectivity index (χ1) is 10.3. The van der Waals surface area contributed by atoms with Gasteiger partial charge in [0.1, 0.15) is 0 Å². The van der Waals surface area contributed by atoms with Gasteiger partial charge in [0.25, 0.3) is 0 Å². The van der Waals surface area contributed by atoms with Crippen molar-refractivity contribution in [3.8, 4) is 5.69 Å². The number of nitrogens with zero attached hydrogens (tertiary/aromatic N) is 1. The summed E-state index contributed by atoms with van der Waals surface area (Å²) in [4.78, 5) is 0. The minimum Gasteiger partial charge on any atom is -1.00 e. The van der Waals surface area contributed by atoms with Gasteiger partial charge in [-0.05, 0) is 24.7 Å². The number of hydrogen-bond donors (Lipinski definition) is 0. The van der Waals surface area contributed by atoms with Crippen molar-refractivity contribution in [1.29, 1.82) is 0 Å². The monoisotopic (exact) mass is 433 g/mol. The molecule has 0 saturated heterocycles. The molecule has 122 valence electrons. The summed E-state index contributed by atoms with van der Waals surface area (Å²) in [5.74, 6) is 0. The van der Waals surface area contributed by atoms with Crippen molar-refractivity contribution < 1.29 is 51.0 Å². The Morgan fingerprint density at radius 1 is 1.04 bits per heavy atom. The SMILES string of the molecule is Cc1ccc(C)c2[cH-]c(-n3cccc3)cc12.[C-]1=CC=CC1.[Cl-].[Cl-].[Zr+4]. The van der Waals surface area contributed by atoms with Crippen LogP contribution in [0.1, 0.15) is 17.5 Å². The van der Waals surface area contributed by atoms with E-state index in [-0.39, 0.29) is 51.0 Å². The van der Waals surface area contributed by atoms with Gasteiger partial charge in [0.15, 0.2) is 0 Å². The molecule has 4 heteroatoms. The molecule has 0 unspecified atom stereocenters. The number of benzene rings is 1. The Balaban J connectivity index is 0.000000578. The van der Waals surface area contributed by atoms with Crippen molar-refractivity contribution in [3.05, 3.63) is 84.2 Å². The average molecular weight is 436 g/mol. The van der Waals surface area contributed by atoms with Crippen molar-refractivity contribution in [2.24, 2.45) is 0 Å². The van der Waals surface area contributed by atoms with Gasteiger partial charge >= 0.3 is 26.2 Å². The van der Waals surface area contributed by atoms with E-state index in [9.17, 15) is 0 Å². The molecular weight excluding hydrogens is 416 g/mol. The third-order valence-corrected chi connectivity index (χ3v) is 3.80. The van der Waals surface area contributed by atoms with E-state index in [0.717, 1.165) is 6.42 Å². The molecule has 0 atom stereocenters. The number of rotatable bonds is 1. The van der Waals surface area contributed by atoms with Crippen molar-refractivity contribution in [3.63, 3.8) is 0 Å². The topological polar surface area (TPSA) is 4.93 Å². The molecule has 1 aliphatic carbocycles. The fraction of sp³-hybridized carbons (Fsp3) is 0.150. The van der Waals surface area contributed by atoms with E-state index in [0.29, 0.717) is 0 Å². The van der Waals surface area contributed by atoms with Crippen molar-refractivity contribution in [2.45, 2.75) is 20.3 Å². The largest absolute Gasteiger partial charge is 4.00 e. The van der Waals surface area contributed by atoms with Gasteiger partial charge in [-0.25, -0.2) is 12.2 Å². The normalized spacial score (nSPS) is 11.1. The zero-order chi connectivity index (χ0) is 14.7. The van der Waals surface area contributed by atoms with Gasteiger partial charge < -0.3 is 29.4 Å². The smallest absolute Gasteiger partial charge is 1.00 e. The Labute approximate surface area is 175 Å². The summed E-state index contributed by atoms with van der Waals surface area (Å²) in [5, 5.41) is 2.73. The van der Waals surface area contributed by atoms with Crippen LogP contribution in [0.5, 0.6) is 0 Å². The third kappa shape index (κ3) is 5.28. The standard InChI is InChI=1S/C15H14N.C5H5.2ClH.Zr/c1-11-5-6-12(2)15-10-13(9-14(11)15)16-7-3-4-8-16;1-2-4-5-3-1;;;/h3-10H,1-2H3;1-3H,4H2;2*1H;/q2*-1;;;+4/p-2. The molecule has 3 aromatic rings. The van der Waals surface area contributed by atoms with E-state index in [1.165, 1.54) is 27.6 Å². The molecule has 24 heavy (non-hydrogen) atoms. The maximum absolute atomic E-state index is 2.99. The third-order valence-electron chi connectivity index (χ3n) is 3.80. The maximum Gasteiger partial charge on any atom is 4.00 e. The summed E-state index contributed by atoms with van der Waals surface area (Å²) >= 11 is 0. The molecule has 1 nitrogen and oxygen atoms in total. The average Bonchev–Trinajstić information content (AvgIpc) is 3.26. The fourth-order valence-corrected chi connectivity index (χ4v) is 2.57. The molecule has 1 heterocycles. The summed E-state index contributed by atoms with van der Waals surface area (Å²) < 4.78 is 2.15. The number of halogens is 2. The van der Waals surface area contributed by atoms with Crippen LogP contribution >= 0.6 is 0 Å². The van der Waals surface area contributed by atoms with Crippen LogP contribution in [0.25, 0.3) is 16.5 Å². The van der Waals surface area contributed by atoms with Crippen LogP contribution in [0.15, 0.2) is 67.0 Å². The van der Waals surface area contributed by atoms with Gasteiger partial charge in [0.05, 0.1) is 0 Å². The number of hydrogen-bond acceptors (Lipinski definition) is 0. The Kier molecular flexibility index (Phi) is 10.4. The molecule has 2 aromatic carbocycles. The number of allylic oxidation sites excluding steroid dienone is 4. The van der Waals surface area contributed by atoms with Crippen molar-refractivity contribution in [2.75, 3.05) is 0 Å². The molecule has 0 fully saturated rings. The zero-order valence-corrected chi connectivity index (χ0v) is 17.7. The Morgan fingerprint density at radius 2 is 1.71 bits per heavy atom. The molecule has 0 saturated carbocycles. The molecule has 0 radical (unpaired) electrons. The predicted octanol–water partition coefficient (Wildman–Crippen LogP) is -0.723. The van der Waals surface area contributed by atoms with Crippen LogP contribution in [0.2, 0.25) is 0 Å². The quantitative estimate of drug-likeness (QED) is 0.445. The minimum absolute atomic E-state index is 0. The first-order valence-corrected chi connectivity index (χ1v) is 7.27. The van der Waals surface area contributed by atoms with Crippen LogP contribution in [0.3, 0.4) is 0 Å². The summed E-state index contributed by atoms with van der Waals surface area (Å²) in [6.07, 6.45) is 14.2. The second-order valence-electron chi connectivity index (χ2n) is 5.33. The van der Waals surface area contributed by atoms with E-state index in [1.807, 2.05) is 12.2 Å². The van der Waals surface area contributed by atoms with Crippen LogP contribution in [-0.2, 0) is 26.2 Å². The van der Waals surface area contributed by atoms with Crippen molar-refractivity contribution in [1.82, 2.24) is 4.57 Å². The molecule has 1 aliphatic rings. The molecule has 1 aromatic heterocycles. The van der Waals surface area contributed by atoms with E-state index in [2.05, 4.69) is 79.4 Å². The van der Waals surface area contributed by atoms with Crippen LogP contribution in [-0.4, -0.2) is 4.57 Å². The van der Waals surface area contributed by atoms with E-state index in [4.69, 9.17) is 0 Å². The molecule has 0 spiro atoms. The first kappa shape index (κ1) is 23.1. The van der Waals surface area contributed by atoms with E-state index in [1.54, 1.807) is 0 Å². The molecule has 0 bridgehead atoms.